The SMILES string of the molecule is CN1CCCCCCN(C(=O)CC(C)(C)C)[C@@H](Cc2ccccc2)COc2ccccc2C1=O. The molecule has 0 aromatic heterocycles. The van der Waals surface area contributed by atoms with Crippen molar-refractivity contribution in [3.8, 4) is 5.75 Å². The summed E-state index contributed by atoms with van der Waals surface area (Å²) in [6, 6.07) is 17.6. The Morgan fingerprint density at radius 2 is 1.59 bits per heavy atom. The van der Waals surface area contributed by atoms with E-state index < -0.39 is 0 Å². The van der Waals surface area contributed by atoms with Crippen molar-refractivity contribution in [3.63, 3.8) is 0 Å². The van der Waals surface area contributed by atoms with E-state index in [0.29, 0.717) is 30.8 Å². The largest absolute Gasteiger partial charge is 0.491 e. The van der Waals surface area contributed by atoms with Crippen LogP contribution in [0, 0.1) is 5.41 Å². The highest BCUT2D eigenvalue weighted by Gasteiger charge is 2.28. The molecule has 184 valence electrons. The Balaban J connectivity index is 1.93. The van der Waals surface area contributed by atoms with Crippen molar-refractivity contribution in [3.05, 3.63) is 65.7 Å². The predicted molar refractivity (Wildman–Crippen MR) is 137 cm³/mol. The number of hydrogen-bond acceptors (Lipinski definition) is 3. The zero-order valence-corrected chi connectivity index (χ0v) is 21.3. The standard InChI is InChI=1S/C29H40N2O3/c1-29(2,3)21-27(32)31-19-13-6-5-12-18-30(4)28(33)25-16-10-11-17-26(25)34-22-24(31)20-23-14-8-7-9-15-23/h7-11,14-17,24H,5-6,12-13,18-22H2,1-4H3/t24-/m0/s1. The molecule has 0 N–H and O–H groups in total. The van der Waals surface area contributed by atoms with Crippen molar-refractivity contribution in [1.29, 1.82) is 0 Å². The minimum Gasteiger partial charge on any atom is -0.491 e. The molecule has 1 aliphatic rings. The highest BCUT2D eigenvalue weighted by molar-refractivity contribution is 5.96. The van der Waals surface area contributed by atoms with Crippen LogP contribution < -0.4 is 4.74 Å². The molecule has 5 nitrogen and oxygen atoms in total. The van der Waals surface area contributed by atoms with E-state index in [-0.39, 0.29) is 23.3 Å². The summed E-state index contributed by atoms with van der Waals surface area (Å²) < 4.78 is 6.31. The summed E-state index contributed by atoms with van der Waals surface area (Å²) in [5.41, 5.74) is 1.67. The van der Waals surface area contributed by atoms with Gasteiger partial charge in [-0.3, -0.25) is 9.59 Å². The third-order valence-electron chi connectivity index (χ3n) is 6.29. The van der Waals surface area contributed by atoms with E-state index in [2.05, 4.69) is 32.9 Å². The minimum atomic E-state index is -0.110. The lowest BCUT2D eigenvalue weighted by atomic mass is 9.91. The molecule has 2 aromatic carbocycles. The van der Waals surface area contributed by atoms with Gasteiger partial charge >= 0.3 is 0 Å². The number of para-hydroxylation sites is 1. The van der Waals surface area contributed by atoms with Gasteiger partial charge in [-0.15, -0.1) is 0 Å². The Labute approximate surface area is 205 Å². The fraction of sp³-hybridized carbons (Fsp3) is 0.517. The maximum absolute atomic E-state index is 13.5. The predicted octanol–water partition coefficient (Wildman–Crippen LogP) is 5.59. The van der Waals surface area contributed by atoms with Gasteiger partial charge in [0, 0.05) is 26.6 Å². The summed E-state index contributed by atoms with van der Waals surface area (Å²) in [5.74, 6) is 0.735. The van der Waals surface area contributed by atoms with Crippen LogP contribution in [-0.2, 0) is 11.2 Å². The molecule has 1 heterocycles. The fourth-order valence-electron chi connectivity index (χ4n) is 4.46. The molecular formula is C29H40N2O3. The van der Waals surface area contributed by atoms with Crippen LogP contribution in [0.1, 0.15) is 68.8 Å². The first kappa shape index (κ1) is 25.8. The third kappa shape index (κ3) is 7.61. The molecule has 2 amide bonds. The van der Waals surface area contributed by atoms with E-state index in [1.807, 2.05) is 54.4 Å². The van der Waals surface area contributed by atoms with Gasteiger partial charge in [-0.1, -0.05) is 76.1 Å². The second-order valence-electron chi connectivity index (χ2n) is 10.6. The molecule has 0 bridgehead atoms. The van der Waals surface area contributed by atoms with Crippen LogP contribution in [0.15, 0.2) is 54.6 Å². The molecule has 0 radical (unpaired) electrons. The van der Waals surface area contributed by atoms with Crippen molar-refractivity contribution >= 4 is 11.8 Å². The molecule has 2 aromatic rings. The van der Waals surface area contributed by atoms with Gasteiger partial charge in [0.05, 0.1) is 11.6 Å². The lowest BCUT2D eigenvalue weighted by molar-refractivity contribution is -0.136. The van der Waals surface area contributed by atoms with Crippen molar-refractivity contribution in [2.24, 2.45) is 5.41 Å². The molecule has 0 saturated heterocycles. The van der Waals surface area contributed by atoms with Gasteiger partial charge < -0.3 is 14.5 Å². The maximum Gasteiger partial charge on any atom is 0.257 e. The van der Waals surface area contributed by atoms with Gasteiger partial charge in [-0.05, 0) is 42.4 Å². The van der Waals surface area contributed by atoms with Crippen LogP contribution in [0.3, 0.4) is 0 Å². The minimum absolute atomic E-state index is 0.0204. The van der Waals surface area contributed by atoms with Gasteiger partial charge in [0.25, 0.3) is 5.91 Å². The first-order valence-corrected chi connectivity index (χ1v) is 12.6. The number of rotatable bonds is 3. The number of benzene rings is 2. The summed E-state index contributed by atoms with van der Waals surface area (Å²) in [5, 5.41) is 0. The normalized spacial score (nSPS) is 18.6. The molecule has 0 unspecified atom stereocenters. The quantitative estimate of drug-likeness (QED) is 0.595. The maximum atomic E-state index is 13.5. The molecule has 5 heteroatoms. The van der Waals surface area contributed by atoms with Gasteiger partial charge in [0.15, 0.2) is 0 Å². The molecule has 3 rings (SSSR count). The molecule has 0 saturated carbocycles. The zero-order chi connectivity index (χ0) is 24.6. The number of nitrogens with zero attached hydrogens (tertiary/aromatic N) is 2. The van der Waals surface area contributed by atoms with Gasteiger partial charge in [-0.2, -0.15) is 0 Å². The van der Waals surface area contributed by atoms with Crippen LogP contribution in [-0.4, -0.2) is 54.4 Å². The van der Waals surface area contributed by atoms with Gasteiger partial charge in [0.1, 0.15) is 12.4 Å². The Bertz CT molecular complexity index is 936. The average Bonchev–Trinajstić information content (AvgIpc) is 2.80. The number of amides is 2. The molecular weight excluding hydrogens is 424 g/mol. The molecule has 1 aliphatic heterocycles. The number of fused-ring (bicyclic) bond motifs is 1. The average molecular weight is 465 g/mol. The Kier molecular flexibility index (Phi) is 9.14. The van der Waals surface area contributed by atoms with Crippen LogP contribution >= 0.6 is 0 Å². The highest BCUT2D eigenvalue weighted by atomic mass is 16.5. The monoisotopic (exact) mass is 464 g/mol. The first-order chi connectivity index (χ1) is 16.2. The van der Waals surface area contributed by atoms with Crippen LogP contribution in [0.25, 0.3) is 0 Å². The molecule has 0 spiro atoms. The lowest BCUT2D eigenvalue weighted by Crippen LogP contribution is -2.46. The van der Waals surface area contributed by atoms with Crippen LogP contribution in [0.4, 0.5) is 0 Å². The van der Waals surface area contributed by atoms with Crippen molar-refractivity contribution in [2.75, 3.05) is 26.7 Å². The number of carbonyl (C=O) groups is 2. The van der Waals surface area contributed by atoms with Crippen molar-refractivity contribution < 1.29 is 14.3 Å². The first-order valence-electron chi connectivity index (χ1n) is 12.6. The van der Waals surface area contributed by atoms with E-state index in [9.17, 15) is 9.59 Å². The molecule has 0 aliphatic carbocycles. The molecule has 1 atom stereocenters. The van der Waals surface area contributed by atoms with E-state index >= 15 is 0 Å². The summed E-state index contributed by atoms with van der Waals surface area (Å²) in [6.45, 7) is 8.11. The van der Waals surface area contributed by atoms with E-state index in [4.69, 9.17) is 4.74 Å². The zero-order valence-electron chi connectivity index (χ0n) is 21.3. The van der Waals surface area contributed by atoms with Crippen LogP contribution in [0.2, 0.25) is 0 Å². The highest BCUT2D eigenvalue weighted by Crippen LogP contribution is 2.25. The second kappa shape index (κ2) is 12.0. The number of ether oxygens (including phenoxy) is 1. The summed E-state index contributed by atoms with van der Waals surface area (Å²) >= 11 is 0. The Hall–Kier alpha value is -2.82. The number of carbonyl (C=O) groups excluding carboxylic acids is 2. The van der Waals surface area contributed by atoms with Crippen LogP contribution in [0.5, 0.6) is 5.75 Å². The van der Waals surface area contributed by atoms with E-state index in [1.54, 1.807) is 4.90 Å². The van der Waals surface area contributed by atoms with E-state index in [1.165, 1.54) is 5.56 Å². The molecule has 0 fully saturated rings. The Morgan fingerprint density at radius 1 is 0.941 bits per heavy atom. The fourth-order valence-corrected chi connectivity index (χ4v) is 4.46. The number of hydrogen-bond donors (Lipinski definition) is 0. The third-order valence-corrected chi connectivity index (χ3v) is 6.29. The molecule has 34 heavy (non-hydrogen) atoms. The summed E-state index contributed by atoms with van der Waals surface area (Å²) in [7, 11) is 1.86. The smallest absolute Gasteiger partial charge is 0.257 e. The topological polar surface area (TPSA) is 49.9 Å². The Morgan fingerprint density at radius 3 is 2.29 bits per heavy atom. The van der Waals surface area contributed by atoms with E-state index in [0.717, 1.165) is 38.8 Å². The van der Waals surface area contributed by atoms with Gasteiger partial charge in [-0.25, -0.2) is 0 Å². The summed E-state index contributed by atoms with van der Waals surface area (Å²) in [6.07, 6.45) is 5.20. The lowest BCUT2D eigenvalue weighted by Gasteiger charge is -2.34. The van der Waals surface area contributed by atoms with Crippen molar-refractivity contribution in [1.82, 2.24) is 9.80 Å². The summed E-state index contributed by atoms with van der Waals surface area (Å²) in [4.78, 5) is 30.4. The second-order valence-corrected chi connectivity index (χ2v) is 10.6. The van der Waals surface area contributed by atoms with Gasteiger partial charge in [0.2, 0.25) is 5.91 Å². The van der Waals surface area contributed by atoms with Crippen molar-refractivity contribution in [2.45, 2.75) is 65.3 Å².